The fourth-order valence-electron chi connectivity index (χ4n) is 1.92. The largest absolute Gasteiger partial charge is 0.395 e. The quantitative estimate of drug-likeness (QED) is 0.682. The van der Waals surface area contributed by atoms with Gasteiger partial charge in [0, 0.05) is 33.6 Å². The van der Waals surface area contributed by atoms with Crippen LogP contribution in [0.3, 0.4) is 0 Å². The number of rotatable bonds is 4. The van der Waals surface area contributed by atoms with Crippen molar-refractivity contribution in [2.75, 3.05) is 39.8 Å². The molecule has 0 radical (unpaired) electrons. The zero-order valence-corrected chi connectivity index (χ0v) is 9.07. The normalized spacial score (nSPS) is 22.6. The molecule has 1 fully saturated rings. The van der Waals surface area contributed by atoms with Crippen LogP contribution < -0.4 is 0 Å². The van der Waals surface area contributed by atoms with Crippen molar-refractivity contribution >= 4 is 5.91 Å². The summed E-state index contributed by atoms with van der Waals surface area (Å²) in [4.78, 5) is 15.0. The van der Waals surface area contributed by atoms with Gasteiger partial charge in [0.05, 0.1) is 6.61 Å². The third-order valence-electron chi connectivity index (χ3n) is 2.86. The number of carbonyl (C=O) groups excluding carboxylic acids is 1. The number of amides is 1. The maximum atomic E-state index is 11.0. The van der Waals surface area contributed by atoms with E-state index < -0.39 is 0 Å². The molecule has 82 valence electrons. The highest BCUT2D eigenvalue weighted by Gasteiger charge is 2.23. The van der Waals surface area contributed by atoms with Gasteiger partial charge in [-0.15, -0.1) is 0 Å². The average Bonchev–Trinajstić information content (AvgIpc) is 2.53. The Hall–Kier alpha value is -0.610. The van der Waals surface area contributed by atoms with Gasteiger partial charge in [0.1, 0.15) is 0 Å². The molecule has 4 nitrogen and oxygen atoms in total. The first kappa shape index (κ1) is 11.5. The van der Waals surface area contributed by atoms with Crippen LogP contribution in [-0.2, 0) is 4.79 Å². The van der Waals surface area contributed by atoms with Crippen LogP contribution in [0.25, 0.3) is 0 Å². The number of hydrogen-bond acceptors (Lipinski definition) is 3. The summed E-state index contributed by atoms with van der Waals surface area (Å²) in [6.45, 7) is 5.50. The van der Waals surface area contributed by atoms with E-state index in [1.54, 1.807) is 11.8 Å². The minimum atomic E-state index is 0.130. The maximum absolute atomic E-state index is 11.0. The van der Waals surface area contributed by atoms with Crippen LogP contribution in [-0.4, -0.2) is 60.6 Å². The fraction of sp³-hybridized carbons (Fsp3) is 0.900. The highest BCUT2D eigenvalue weighted by molar-refractivity contribution is 5.72. The molecule has 0 aromatic heterocycles. The lowest BCUT2D eigenvalue weighted by atomic mass is 10.1. The Morgan fingerprint density at radius 1 is 1.64 bits per heavy atom. The monoisotopic (exact) mass is 200 g/mol. The van der Waals surface area contributed by atoms with Crippen molar-refractivity contribution in [2.24, 2.45) is 5.92 Å². The van der Waals surface area contributed by atoms with E-state index in [0.29, 0.717) is 5.92 Å². The lowest BCUT2D eigenvalue weighted by Crippen LogP contribution is -2.32. The minimum absolute atomic E-state index is 0.130. The van der Waals surface area contributed by atoms with E-state index in [9.17, 15) is 4.79 Å². The van der Waals surface area contributed by atoms with Crippen molar-refractivity contribution in [1.29, 1.82) is 0 Å². The summed E-state index contributed by atoms with van der Waals surface area (Å²) in [5, 5.41) is 8.78. The first-order chi connectivity index (χ1) is 6.63. The Morgan fingerprint density at radius 3 is 2.93 bits per heavy atom. The van der Waals surface area contributed by atoms with Crippen molar-refractivity contribution < 1.29 is 9.90 Å². The second kappa shape index (κ2) is 5.32. The summed E-state index contributed by atoms with van der Waals surface area (Å²) in [6, 6.07) is 0. The van der Waals surface area contributed by atoms with Crippen molar-refractivity contribution in [2.45, 2.75) is 13.3 Å². The second-order valence-electron chi connectivity index (χ2n) is 4.08. The van der Waals surface area contributed by atoms with Crippen LogP contribution in [0.4, 0.5) is 0 Å². The van der Waals surface area contributed by atoms with Gasteiger partial charge in [0.15, 0.2) is 0 Å². The third-order valence-corrected chi connectivity index (χ3v) is 2.86. The standard InChI is InChI=1S/C10H20N2O2/c1-9(14)11(2)7-10-3-4-12(8-10)5-6-13/h10,13H,3-8H2,1-2H3/t10-/m1/s1. The number of hydrogen-bond donors (Lipinski definition) is 1. The molecule has 1 amide bonds. The summed E-state index contributed by atoms with van der Waals surface area (Å²) in [7, 11) is 1.84. The van der Waals surface area contributed by atoms with Crippen LogP contribution in [0.2, 0.25) is 0 Å². The first-order valence-corrected chi connectivity index (χ1v) is 5.18. The summed E-state index contributed by atoms with van der Waals surface area (Å²) >= 11 is 0. The van der Waals surface area contributed by atoms with E-state index in [2.05, 4.69) is 4.90 Å². The van der Waals surface area contributed by atoms with Gasteiger partial charge in [-0.25, -0.2) is 0 Å². The molecule has 0 bridgehead atoms. The lowest BCUT2D eigenvalue weighted by Gasteiger charge is -2.20. The van der Waals surface area contributed by atoms with Crippen molar-refractivity contribution in [1.82, 2.24) is 9.80 Å². The van der Waals surface area contributed by atoms with Crippen LogP contribution >= 0.6 is 0 Å². The highest BCUT2D eigenvalue weighted by atomic mass is 16.3. The molecule has 1 saturated heterocycles. The number of aliphatic hydroxyl groups is 1. The molecule has 1 N–H and O–H groups in total. The fourth-order valence-corrected chi connectivity index (χ4v) is 1.92. The Kier molecular flexibility index (Phi) is 4.35. The molecule has 14 heavy (non-hydrogen) atoms. The minimum Gasteiger partial charge on any atom is -0.395 e. The van der Waals surface area contributed by atoms with Crippen LogP contribution in [0.5, 0.6) is 0 Å². The predicted molar refractivity (Wildman–Crippen MR) is 54.9 cm³/mol. The molecule has 1 rings (SSSR count). The first-order valence-electron chi connectivity index (χ1n) is 5.18. The van der Waals surface area contributed by atoms with E-state index >= 15 is 0 Å². The Bertz CT molecular complexity index is 197. The van der Waals surface area contributed by atoms with Gasteiger partial charge in [-0.1, -0.05) is 0 Å². The molecule has 4 heteroatoms. The molecule has 0 aromatic rings. The molecule has 0 aliphatic carbocycles. The van der Waals surface area contributed by atoms with E-state index in [4.69, 9.17) is 5.11 Å². The number of β-amino-alcohol motifs (C(OH)–C–C–N with tert-alkyl or cyclic N) is 1. The van der Waals surface area contributed by atoms with Gasteiger partial charge >= 0.3 is 0 Å². The van der Waals surface area contributed by atoms with Crippen LogP contribution in [0.15, 0.2) is 0 Å². The Labute approximate surface area is 85.5 Å². The average molecular weight is 200 g/mol. The van der Waals surface area contributed by atoms with Crippen LogP contribution in [0, 0.1) is 5.92 Å². The number of carbonyl (C=O) groups is 1. The van der Waals surface area contributed by atoms with Crippen LogP contribution in [0.1, 0.15) is 13.3 Å². The Morgan fingerprint density at radius 2 is 2.36 bits per heavy atom. The third kappa shape index (κ3) is 3.27. The smallest absolute Gasteiger partial charge is 0.219 e. The van der Waals surface area contributed by atoms with E-state index in [0.717, 1.165) is 32.6 Å². The molecular formula is C10H20N2O2. The van der Waals surface area contributed by atoms with Crippen molar-refractivity contribution in [3.8, 4) is 0 Å². The molecular weight excluding hydrogens is 180 g/mol. The number of nitrogens with zero attached hydrogens (tertiary/aromatic N) is 2. The summed E-state index contributed by atoms with van der Waals surface area (Å²) in [5.74, 6) is 0.709. The molecule has 1 heterocycles. The SMILES string of the molecule is CC(=O)N(C)C[C@H]1CCN(CCO)C1. The lowest BCUT2D eigenvalue weighted by molar-refractivity contribution is -0.128. The van der Waals surface area contributed by atoms with E-state index in [-0.39, 0.29) is 12.5 Å². The second-order valence-corrected chi connectivity index (χ2v) is 4.08. The van der Waals surface area contributed by atoms with Crippen molar-refractivity contribution in [3.05, 3.63) is 0 Å². The van der Waals surface area contributed by atoms with Gasteiger partial charge in [0.2, 0.25) is 5.91 Å². The zero-order chi connectivity index (χ0) is 10.6. The molecule has 0 aromatic carbocycles. The van der Waals surface area contributed by atoms with Gasteiger partial charge in [-0.3, -0.25) is 4.79 Å². The highest BCUT2D eigenvalue weighted by Crippen LogP contribution is 2.16. The Balaban J connectivity index is 2.25. The molecule has 1 atom stereocenters. The maximum Gasteiger partial charge on any atom is 0.219 e. The topological polar surface area (TPSA) is 43.8 Å². The number of aliphatic hydroxyl groups excluding tert-OH is 1. The summed E-state index contributed by atoms with van der Waals surface area (Å²) in [5.41, 5.74) is 0. The van der Waals surface area contributed by atoms with Gasteiger partial charge in [0.25, 0.3) is 0 Å². The summed E-state index contributed by atoms with van der Waals surface area (Å²) < 4.78 is 0. The van der Waals surface area contributed by atoms with Crippen molar-refractivity contribution in [3.63, 3.8) is 0 Å². The molecule has 0 unspecified atom stereocenters. The molecule has 0 saturated carbocycles. The molecule has 1 aliphatic heterocycles. The van der Waals surface area contributed by atoms with Gasteiger partial charge < -0.3 is 14.9 Å². The molecule has 1 aliphatic rings. The predicted octanol–water partition coefficient (Wildman–Crippen LogP) is -0.221. The van der Waals surface area contributed by atoms with E-state index in [1.807, 2.05) is 7.05 Å². The van der Waals surface area contributed by atoms with E-state index in [1.165, 1.54) is 0 Å². The summed E-state index contributed by atoms with van der Waals surface area (Å²) in [6.07, 6.45) is 1.14. The number of likely N-dealkylation sites (tertiary alicyclic amines) is 1. The van der Waals surface area contributed by atoms with Gasteiger partial charge in [-0.2, -0.15) is 0 Å². The molecule has 0 spiro atoms. The van der Waals surface area contributed by atoms with Gasteiger partial charge in [-0.05, 0) is 18.9 Å². The zero-order valence-electron chi connectivity index (χ0n) is 9.07.